The fourth-order valence-electron chi connectivity index (χ4n) is 4.17. The van der Waals surface area contributed by atoms with Crippen molar-refractivity contribution in [3.8, 4) is 0 Å². The van der Waals surface area contributed by atoms with Gasteiger partial charge in [0.1, 0.15) is 0 Å². The summed E-state index contributed by atoms with van der Waals surface area (Å²) in [6.07, 6.45) is 8.81. The fraction of sp³-hybridized carbons (Fsp3) is 0.941. The molecule has 0 aromatic heterocycles. The SMILES string of the molecule is CN(C)C1(CNC(=O)C2(S(C)(=O)=O)CCNCC2)CCCCCC1.Cl.Cl. The maximum Gasteiger partial charge on any atom is 0.241 e. The minimum Gasteiger partial charge on any atom is -0.353 e. The third kappa shape index (κ3) is 5.47. The van der Waals surface area contributed by atoms with Gasteiger partial charge < -0.3 is 15.5 Å². The van der Waals surface area contributed by atoms with Crippen molar-refractivity contribution in [1.82, 2.24) is 15.5 Å². The van der Waals surface area contributed by atoms with Gasteiger partial charge in [-0.2, -0.15) is 0 Å². The molecule has 2 aliphatic rings. The standard InChI is InChI=1S/C17H33N3O3S.2ClH/c1-20(2)16(8-6-4-5-7-9-16)14-19-15(21)17(24(3,22)23)10-12-18-13-11-17;;/h18H,4-14H2,1-3H3,(H,19,21);2*1H. The van der Waals surface area contributed by atoms with Gasteiger partial charge in [0.05, 0.1) is 0 Å². The Bertz CT molecular complexity index is 541. The molecule has 1 saturated carbocycles. The van der Waals surface area contributed by atoms with Gasteiger partial charge in [-0.25, -0.2) is 8.42 Å². The Kier molecular flexibility index (Phi) is 10.4. The summed E-state index contributed by atoms with van der Waals surface area (Å²) in [5.41, 5.74) is -0.0578. The molecule has 0 radical (unpaired) electrons. The van der Waals surface area contributed by atoms with E-state index in [9.17, 15) is 13.2 Å². The first kappa shape index (κ1) is 25.9. The van der Waals surface area contributed by atoms with Gasteiger partial charge >= 0.3 is 0 Å². The number of carbonyl (C=O) groups excluding carboxylic acids is 1. The van der Waals surface area contributed by atoms with E-state index in [2.05, 4.69) is 29.6 Å². The number of likely N-dealkylation sites (N-methyl/N-ethyl adjacent to an activating group) is 1. The summed E-state index contributed by atoms with van der Waals surface area (Å²) in [5.74, 6) is -0.308. The Morgan fingerprint density at radius 3 is 1.92 bits per heavy atom. The minimum atomic E-state index is -3.45. The van der Waals surface area contributed by atoms with E-state index in [1.807, 2.05) is 0 Å². The molecule has 1 heterocycles. The van der Waals surface area contributed by atoms with E-state index < -0.39 is 14.6 Å². The molecule has 1 amide bonds. The average molecular weight is 432 g/mol. The molecular formula is C17H35Cl2N3O3S. The van der Waals surface area contributed by atoms with Crippen LogP contribution in [0.5, 0.6) is 0 Å². The number of nitrogens with zero attached hydrogens (tertiary/aromatic N) is 1. The average Bonchev–Trinajstić information content (AvgIpc) is 2.79. The molecule has 2 fully saturated rings. The van der Waals surface area contributed by atoms with E-state index in [-0.39, 0.29) is 36.3 Å². The number of rotatable bonds is 5. The summed E-state index contributed by atoms with van der Waals surface area (Å²) < 4.78 is 23.5. The third-order valence-electron chi connectivity index (χ3n) is 6.10. The van der Waals surface area contributed by atoms with Crippen LogP contribution >= 0.6 is 24.8 Å². The molecule has 0 spiro atoms. The van der Waals surface area contributed by atoms with Gasteiger partial charge in [0.2, 0.25) is 5.91 Å². The van der Waals surface area contributed by atoms with Crippen molar-refractivity contribution in [2.75, 3.05) is 40.0 Å². The highest BCUT2D eigenvalue weighted by atomic mass is 35.5. The highest BCUT2D eigenvalue weighted by Crippen LogP contribution is 2.32. The van der Waals surface area contributed by atoms with Gasteiger partial charge in [-0.05, 0) is 52.9 Å². The van der Waals surface area contributed by atoms with E-state index in [1.165, 1.54) is 19.1 Å². The number of carbonyl (C=O) groups is 1. The molecular weight excluding hydrogens is 397 g/mol. The van der Waals surface area contributed by atoms with Crippen molar-refractivity contribution in [2.24, 2.45) is 0 Å². The first-order valence-corrected chi connectivity index (χ1v) is 11.0. The maximum absolute atomic E-state index is 12.9. The molecule has 2 N–H and O–H groups in total. The Morgan fingerprint density at radius 1 is 1.00 bits per heavy atom. The van der Waals surface area contributed by atoms with Crippen LogP contribution in [-0.4, -0.2) is 69.5 Å². The van der Waals surface area contributed by atoms with Crippen molar-refractivity contribution in [3.63, 3.8) is 0 Å². The lowest BCUT2D eigenvalue weighted by Gasteiger charge is -2.41. The van der Waals surface area contributed by atoms with Gasteiger partial charge in [-0.3, -0.25) is 4.79 Å². The molecule has 0 aromatic rings. The number of hydrogen-bond acceptors (Lipinski definition) is 5. The Morgan fingerprint density at radius 2 is 1.50 bits per heavy atom. The zero-order valence-corrected chi connectivity index (χ0v) is 18.6. The van der Waals surface area contributed by atoms with Crippen LogP contribution in [0, 0.1) is 0 Å². The number of halogens is 2. The Labute approximate surface area is 171 Å². The van der Waals surface area contributed by atoms with Crippen LogP contribution in [0.2, 0.25) is 0 Å². The van der Waals surface area contributed by atoms with Gasteiger partial charge in [0.25, 0.3) is 0 Å². The molecule has 26 heavy (non-hydrogen) atoms. The summed E-state index contributed by atoms with van der Waals surface area (Å²) in [4.78, 5) is 15.1. The second kappa shape index (κ2) is 10.5. The first-order chi connectivity index (χ1) is 11.2. The van der Waals surface area contributed by atoms with Crippen LogP contribution in [0.1, 0.15) is 51.4 Å². The summed E-state index contributed by atoms with van der Waals surface area (Å²) in [6, 6.07) is 0. The lowest BCUT2D eigenvalue weighted by Crippen LogP contribution is -2.60. The van der Waals surface area contributed by atoms with Crippen LogP contribution in [0.15, 0.2) is 0 Å². The first-order valence-electron chi connectivity index (χ1n) is 9.10. The zero-order valence-electron chi connectivity index (χ0n) is 16.2. The molecule has 0 bridgehead atoms. The largest absolute Gasteiger partial charge is 0.353 e. The van der Waals surface area contributed by atoms with Gasteiger partial charge in [0, 0.05) is 18.3 Å². The predicted octanol–water partition coefficient (Wildman–Crippen LogP) is 1.77. The van der Waals surface area contributed by atoms with Crippen molar-refractivity contribution in [3.05, 3.63) is 0 Å². The van der Waals surface area contributed by atoms with Crippen LogP contribution < -0.4 is 10.6 Å². The second-order valence-electron chi connectivity index (χ2n) is 7.73. The molecule has 1 saturated heterocycles. The van der Waals surface area contributed by atoms with Gasteiger partial charge in [-0.15, -0.1) is 24.8 Å². The Balaban J connectivity index is 0.00000312. The van der Waals surface area contributed by atoms with E-state index in [0.717, 1.165) is 25.7 Å². The summed E-state index contributed by atoms with van der Waals surface area (Å²) in [5, 5.41) is 6.19. The fourth-order valence-corrected chi connectivity index (χ4v) is 5.53. The molecule has 0 unspecified atom stereocenters. The summed E-state index contributed by atoms with van der Waals surface area (Å²) in [7, 11) is 0.675. The van der Waals surface area contributed by atoms with Gasteiger partial charge in [0.15, 0.2) is 14.6 Å². The number of nitrogens with one attached hydrogen (secondary N) is 2. The summed E-state index contributed by atoms with van der Waals surface area (Å²) in [6.45, 7) is 1.67. The smallest absolute Gasteiger partial charge is 0.241 e. The topological polar surface area (TPSA) is 78.5 Å². The lowest BCUT2D eigenvalue weighted by molar-refractivity contribution is -0.125. The highest BCUT2D eigenvalue weighted by molar-refractivity contribution is 7.92. The van der Waals surface area contributed by atoms with Crippen molar-refractivity contribution in [2.45, 2.75) is 61.7 Å². The number of amides is 1. The molecule has 1 aliphatic heterocycles. The molecule has 0 atom stereocenters. The Hall–Kier alpha value is -0.0800. The second-order valence-corrected chi connectivity index (χ2v) is 10.1. The number of hydrogen-bond donors (Lipinski definition) is 2. The molecule has 2 rings (SSSR count). The molecule has 0 aromatic carbocycles. The van der Waals surface area contributed by atoms with Crippen molar-refractivity contribution < 1.29 is 13.2 Å². The molecule has 6 nitrogen and oxygen atoms in total. The van der Waals surface area contributed by atoms with Crippen molar-refractivity contribution in [1.29, 1.82) is 0 Å². The van der Waals surface area contributed by atoms with Crippen LogP contribution in [0.4, 0.5) is 0 Å². The van der Waals surface area contributed by atoms with Crippen LogP contribution in [0.25, 0.3) is 0 Å². The third-order valence-corrected chi connectivity index (χ3v) is 8.11. The van der Waals surface area contributed by atoms with E-state index in [4.69, 9.17) is 0 Å². The van der Waals surface area contributed by atoms with Gasteiger partial charge in [-0.1, -0.05) is 25.7 Å². The summed E-state index contributed by atoms with van der Waals surface area (Å²) >= 11 is 0. The molecule has 156 valence electrons. The zero-order chi connectivity index (χ0) is 17.8. The highest BCUT2D eigenvalue weighted by Gasteiger charge is 2.49. The number of piperidine rings is 1. The van der Waals surface area contributed by atoms with E-state index in [0.29, 0.717) is 32.5 Å². The van der Waals surface area contributed by atoms with E-state index in [1.54, 1.807) is 0 Å². The van der Waals surface area contributed by atoms with Crippen LogP contribution in [0.3, 0.4) is 0 Å². The van der Waals surface area contributed by atoms with Crippen LogP contribution in [-0.2, 0) is 14.6 Å². The normalized spacial score (nSPS) is 22.5. The quantitative estimate of drug-likeness (QED) is 0.648. The maximum atomic E-state index is 12.9. The predicted molar refractivity (Wildman–Crippen MR) is 111 cm³/mol. The van der Waals surface area contributed by atoms with E-state index >= 15 is 0 Å². The molecule has 9 heteroatoms. The number of sulfone groups is 1. The lowest BCUT2D eigenvalue weighted by atomic mass is 9.88. The minimum absolute atomic E-state index is 0. The molecule has 1 aliphatic carbocycles. The monoisotopic (exact) mass is 431 g/mol. The van der Waals surface area contributed by atoms with Crippen molar-refractivity contribution >= 4 is 40.6 Å².